The first kappa shape index (κ1) is 16.0. The van der Waals surface area contributed by atoms with E-state index in [0.717, 1.165) is 29.0 Å². The van der Waals surface area contributed by atoms with Crippen LogP contribution in [0.15, 0.2) is 18.2 Å². The Morgan fingerprint density at radius 3 is 2.24 bits per heavy atom. The summed E-state index contributed by atoms with van der Waals surface area (Å²) in [4.78, 5) is 0. The van der Waals surface area contributed by atoms with E-state index < -0.39 is 0 Å². The van der Waals surface area contributed by atoms with Crippen LogP contribution in [0.2, 0.25) is 0 Å². The summed E-state index contributed by atoms with van der Waals surface area (Å²) in [6.07, 6.45) is 3.99. The highest BCUT2D eigenvalue weighted by Gasteiger charge is 2.27. The number of ether oxygens (including phenoxy) is 2. The molecule has 0 saturated heterocycles. The number of hydrogen-bond donors (Lipinski definition) is 1. The summed E-state index contributed by atoms with van der Waals surface area (Å²) in [7, 11) is 0. The molecule has 1 aliphatic carbocycles. The van der Waals surface area contributed by atoms with Gasteiger partial charge in [-0.1, -0.05) is 20.3 Å². The van der Waals surface area contributed by atoms with E-state index in [1.165, 1.54) is 19.3 Å². The van der Waals surface area contributed by atoms with Crippen molar-refractivity contribution in [1.29, 1.82) is 0 Å². The van der Waals surface area contributed by atoms with E-state index in [4.69, 9.17) is 9.47 Å². The maximum Gasteiger partial charge on any atom is 0.163 e. The summed E-state index contributed by atoms with van der Waals surface area (Å²) < 4.78 is 11.3. The first-order valence-corrected chi connectivity index (χ1v) is 8.31. The fourth-order valence-corrected chi connectivity index (χ4v) is 3.30. The van der Waals surface area contributed by atoms with Gasteiger partial charge in [-0.15, -0.1) is 0 Å². The molecule has 1 N–H and O–H groups in total. The van der Waals surface area contributed by atoms with Gasteiger partial charge in [0.15, 0.2) is 11.5 Å². The Bertz CT molecular complexity index is 437. The van der Waals surface area contributed by atoms with Gasteiger partial charge < -0.3 is 14.8 Å². The van der Waals surface area contributed by atoms with Gasteiger partial charge in [0, 0.05) is 17.8 Å². The lowest BCUT2D eigenvalue weighted by Crippen LogP contribution is -2.37. The molecule has 0 aliphatic heterocycles. The van der Waals surface area contributed by atoms with Crippen LogP contribution in [-0.2, 0) is 0 Å². The molecule has 0 bridgehead atoms. The van der Waals surface area contributed by atoms with Gasteiger partial charge in [-0.2, -0.15) is 0 Å². The molecule has 2 rings (SSSR count). The Morgan fingerprint density at radius 2 is 1.62 bits per heavy atom. The van der Waals surface area contributed by atoms with Crippen molar-refractivity contribution in [3.05, 3.63) is 18.2 Å². The lowest BCUT2D eigenvalue weighted by molar-refractivity contribution is 0.267. The van der Waals surface area contributed by atoms with Gasteiger partial charge in [-0.25, -0.2) is 0 Å². The van der Waals surface area contributed by atoms with Crippen LogP contribution in [0.25, 0.3) is 0 Å². The summed E-state index contributed by atoms with van der Waals surface area (Å²) in [5, 5.41) is 3.71. The highest BCUT2D eigenvalue weighted by atomic mass is 16.5. The second kappa shape index (κ2) is 7.58. The topological polar surface area (TPSA) is 30.5 Å². The summed E-state index contributed by atoms with van der Waals surface area (Å²) in [5.74, 6) is 3.10. The van der Waals surface area contributed by atoms with Crippen molar-refractivity contribution in [3.8, 4) is 11.5 Å². The van der Waals surface area contributed by atoms with E-state index in [0.29, 0.717) is 19.3 Å². The van der Waals surface area contributed by atoms with E-state index in [2.05, 4.69) is 31.3 Å². The van der Waals surface area contributed by atoms with E-state index >= 15 is 0 Å². The SMILES string of the molecule is CCOc1ccc(NC2C(C)CCCC2C)cc1OCC. The lowest BCUT2D eigenvalue weighted by atomic mass is 9.78. The first-order valence-electron chi connectivity index (χ1n) is 8.31. The van der Waals surface area contributed by atoms with Gasteiger partial charge in [0.1, 0.15) is 0 Å². The van der Waals surface area contributed by atoms with Crippen molar-refractivity contribution in [2.24, 2.45) is 11.8 Å². The van der Waals surface area contributed by atoms with Gasteiger partial charge in [-0.05, 0) is 50.7 Å². The first-order chi connectivity index (χ1) is 10.2. The Morgan fingerprint density at radius 1 is 1.00 bits per heavy atom. The summed E-state index contributed by atoms with van der Waals surface area (Å²) in [5.41, 5.74) is 1.13. The number of hydrogen-bond acceptors (Lipinski definition) is 3. The normalized spacial score (nSPS) is 25.4. The van der Waals surface area contributed by atoms with E-state index in [1.54, 1.807) is 0 Å². The van der Waals surface area contributed by atoms with Gasteiger partial charge >= 0.3 is 0 Å². The van der Waals surface area contributed by atoms with Crippen molar-refractivity contribution < 1.29 is 9.47 Å². The van der Waals surface area contributed by atoms with Gasteiger partial charge in [0.05, 0.1) is 13.2 Å². The maximum atomic E-state index is 5.71. The number of benzene rings is 1. The third kappa shape index (κ3) is 4.05. The van der Waals surface area contributed by atoms with Crippen LogP contribution < -0.4 is 14.8 Å². The maximum absolute atomic E-state index is 5.71. The van der Waals surface area contributed by atoms with Crippen molar-refractivity contribution in [1.82, 2.24) is 0 Å². The summed E-state index contributed by atoms with van der Waals surface area (Å²) >= 11 is 0. The van der Waals surface area contributed by atoms with Crippen LogP contribution >= 0.6 is 0 Å². The molecule has 1 aromatic rings. The van der Waals surface area contributed by atoms with E-state index in [-0.39, 0.29) is 0 Å². The van der Waals surface area contributed by atoms with Crippen LogP contribution in [0.5, 0.6) is 11.5 Å². The van der Waals surface area contributed by atoms with Gasteiger partial charge in [-0.3, -0.25) is 0 Å². The average Bonchev–Trinajstić information content (AvgIpc) is 2.46. The Labute approximate surface area is 129 Å². The average molecular weight is 291 g/mol. The van der Waals surface area contributed by atoms with Crippen LogP contribution in [0.1, 0.15) is 47.0 Å². The van der Waals surface area contributed by atoms with Crippen molar-refractivity contribution in [3.63, 3.8) is 0 Å². The minimum atomic E-state index is 0.547. The molecule has 118 valence electrons. The van der Waals surface area contributed by atoms with Crippen LogP contribution in [-0.4, -0.2) is 19.3 Å². The third-order valence-electron chi connectivity index (χ3n) is 4.42. The minimum absolute atomic E-state index is 0.547. The predicted octanol–water partition coefficient (Wildman–Crippen LogP) is 4.72. The van der Waals surface area contributed by atoms with E-state index in [1.807, 2.05) is 19.9 Å². The zero-order chi connectivity index (χ0) is 15.2. The molecule has 3 heteroatoms. The van der Waals surface area contributed by atoms with E-state index in [9.17, 15) is 0 Å². The standard InChI is InChI=1S/C18H29NO2/c1-5-20-16-11-10-15(12-17(16)21-6-2)19-18-13(3)8-7-9-14(18)4/h10-14,18-19H,5-9H2,1-4H3. The molecule has 1 aliphatic rings. The Hall–Kier alpha value is -1.38. The summed E-state index contributed by atoms with van der Waals surface area (Å²) in [6, 6.07) is 6.73. The summed E-state index contributed by atoms with van der Waals surface area (Å²) in [6.45, 7) is 10.0. The molecule has 1 saturated carbocycles. The molecule has 0 heterocycles. The molecule has 1 fully saturated rings. The van der Waals surface area contributed by atoms with Crippen molar-refractivity contribution >= 4 is 5.69 Å². The number of rotatable bonds is 6. The van der Waals surface area contributed by atoms with Crippen molar-refractivity contribution in [2.75, 3.05) is 18.5 Å². The largest absolute Gasteiger partial charge is 0.490 e. The molecule has 0 radical (unpaired) electrons. The molecular weight excluding hydrogens is 262 g/mol. The van der Waals surface area contributed by atoms with Gasteiger partial charge in [0.25, 0.3) is 0 Å². The smallest absolute Gasteiger partial charge is 0.163 e. The lowest BCUT2D eigenvalue weighted by Gasteiger charge is -2.36. The molecule has 3 nitrogen and oxygen atoms in total. The molecular formula is C18H29NO2. The fraction of sp³-hybridized carbons (Fsp3) is 0.667. The molecule has 2 atom stereocenters. The predicted molar refractivity (Wildman–Crippen MR) is 88.4 cm³/mol. The molecule has 0 amide bonds. The second-order valence-electron chi connectivity index (χ2n) is 6.08. The highest BCUT2D eigenvalue weighted by Crippen LogP contribution is 2.34. The highest BCUT2D eigenvalue weighted by molar-refractivity contribution is 5.55. The molecule has 2 unspecified atom stereocenters. The fourth-order valence-electron chi connectivity index (χ4n) is 3.30. The minimum Gasteiger partial charge on any atom is -0.490 e. The zero-order valence-corrected chi connectivity index (χ0v) is 13.8. The Balaban J connectivity index is 2.13. The van der Waals surface area contributed by atoms with Crippen LogP contribution in [0.4, 0.5) is 5.69 Å². The van der Waals surface area contributed by atoms with Gasteiger partial charge in [0.2, 0.25) is 0 Å². The molecule has 0 spiro atoms. The number of anilines is 1. The number of nitrogens with one attached hydrogen (secondary N) is 1. The molecule has 1 aromatic carbocycles. The van der Waals surface area contributed by atoms with Crippen LogP contribution in [0.3, 0.4) is 0 Å². The quantitative estimate of drug-likeness (QED) is 0.822. The monoisotopic (exact) mass is 291 g/mol. The third-order valence-corrected chi connectivity index (χ3v) is 4.42. The second-order valence-corrected chi connectivity index (χ2v) is 6.08. The molecule has 0 aromatic heterocycles. The zero-order valence-electron chi connectivity index (χ0n) is 13.8. The Kier molecular flexibility index (Phi) is 5.77. The van der Waals surface area contributed by atoms with Crippen LogP contribution in [0, 0.1) is 11.8 Å². The molecule has 21 heavy (non-hydrogen) atoms. The van der Waals surface area contributed by atoms with Crippen molar-refractivity contribution in [2.45, 2.75) is 53.0 Å².